The fourth-order valence-electron chi connectivity index (χ4n) is 1.75. The van der Waals surface area contributed by atoms with Crippen molar-refractivity contribution in [1.29, 1.82) is 0 Å². The molecule has 0 heterocycles. The third kappa shape index (κ3) is 4.16. The molecule has 0 amide bonds. The molecule has 22 heavy (non-hydrogen) atoms. The lowest BCUT2D eigenvalue weighted by molar-refractivity contribution is -0.401. The summed E-state index contributed by atoms with van der Waals surface area (Å²) in [5.74, 6) is 0. The summed E-state index contributed by atoms with van der Waals surface area (Å²) in [4.78, 5) is 21.8. The smallest absolute Gasteiger partial charge is 0.259 e. The fourth-order valence-corrected chi connectivity index (χ4v) is 2.65. The Hall–Kier alpha value is -2.67. The maximum Gasteiger partial charge on any atom is 0.283 e. The molecule has 7 heteroatoms. The molecule has 0 N–H and O–H groups in total. The zero-order valence-corrected chi connectivity index (χ0v) is 12.4. The summed E-state index contributed by atoms with van der Waals surface area (Å²) in [7, 11) is 0. The Labute approximate surface area is 130 Å². The number of nitro benzene ring substituents is 1. The van der Waals surface area contributed by atoms with Gasteiger partial charge in [-0.15, -0.1) is 0 Å². The van der Waals surface area contributed by atoms with Gasteiger partial charge in [-0.1, -0.05) is 35.5 Å². The Morgan fingerprint density at radius 2 is 1.73 bits per heavy atom. The summed E-state index contributed by atoms with van der Waals surface area (Å²) >= 11 is 1.28. The molecule has 0 radical (unpaired) electrons. The predicted octanol–water partition coefficient (Wildman–Crippen LogP) is 4.30. The first-order valence-electron chi connectivity index (χ1n) is 6.30. The number of benzene rings is 2. The first kappa shape index (κ1) is 15.7. The molecule has 0 aromatic heterocycles. The van der Waals surface area contributed by atoms with Crippen LogP contribution in [-0.4, -0.2) is 9.85 Å². The molecule has 0 bridgehead atoms. The summed E-state index contributed by atoms with van der Waals surface area (Å²) in [6.07, 6.45) is 1.99. The molecule has 2 aromatic rings. The van der Waals surface area contributed by atoms with Gasteiger partial charge in [-0.05, 0) is 30.7 Å². The number of nitrogens with zero attached hydrogens (tertiary/aromatic N) is 2. The van der Waals surface area contributed by atoms with Crippen LogP contribution in [0.4, 0.5) is 5.69 Å². The summed E-state index contributed by atoms with van der Waals surface area (Å²) in [5, 5.41) is 21.5. The van der Waals surface area contributed by atoms with Crippen LogP contribution in [0.5, 0.6) is 0 Å². The highest BCUT2D eigenvalue weighted by Crippen LogP contribution is 2.35. The Balaban J connectivity index is 2.32. The second kappa shape index (κ2) is 6.86. The van der Waals surface area contributed by atoms with Crippen molar-refractivity contribution in [3.63, 3.8) is 0 Å². The van der Waals surface area contributed by atoms with Crippen molar-refractivity contribution in [3.8, 4) is 0 Å². The Morgan fingerprint density at radius 3 is 2.32 bits per heavy atom. The molecule has 2 aromatic carbocycles. The molecule has 0 aliphatic rings. The maximum atomic E-state index is 11.2. The molecule has 0 fully saturated rings. The van der Waals surface area contributed by atoms with Crippen LogP contribution in [0, 0.1) is 27.2 Å². The van der Waals surface area contributed by atoms with Gasteiger partial charge < -0.3 is 0 Å². The first-order valence-corrected chi connectivity index (χ1v) is 7.12. The van der Waals surface area contributed by atoms with E-state index in [9.17, 15) is 20.2 Å². The van der Waals surface area contributed by atoms with Gasteiger partial charge in [-0.25, -0.2) is 0 Å². The van der Waals surface area contributed by atoms with Gasteiger partial charge in [-0.3, -0.25) is 20.2 Å². The fraction of sp³-hybridized carbons (Fsp3) is 0.0667. The van der Waals surface area contributed by atoms with E-state index in [4.69, 9.17) is 0 Å². The van der Waals surface area contributed by atoms with E-state index in [0.717, 1.165) is 16.7 Å². The van der Waals surface area contributed by atoms with Crippen molar-refractivity contribution in [2.45, 2.75) is 16.7 Å². The first-order chi connectivity index (χ1) is 10.5. The molecule has 0 saturated heterocycles. The number of aryl methyl sites for hydroxylation is 1. The number of nitro groups is 2. The largest absolute Gasteiger partial charge is 0.283 e. The van der Waals surface area contributed by atoms with E-state index in [0.29, 0.717) is 10.5 Å². The highest BCUT2D eigenvalue weighted by molar-refractivity contribution is 7.99. The van der Waals surface area contributed by atoms with Gasteiger partial charge in [0.1, 0.15) is 0 Å². The standard InChI is InChI=1S/C15H12N2O4S/c1-11-2-5-13(6-3-11)22-15-7-4-12(8-9-16(18)19)10-14(15)17(20)21/h2-10H,1H3/b9-8-. The molecule has 0 saturated carbocycles. The summed E-state index contributed by atoms with van der Waals surface area (Å²) in [6.45, 7) is 1.97. The minimum absolute atomic E-state index is 0.0731. The highest BCUT2D eigenvalue weighted by atomic mass is 32.2. The van der Waals surface area contributed by atoms with Crippen molar-refractivity contribution in [1.82, 2.24) is 0 Å². The second-order valence-corrected chi connectivity index (χ2v) is 5.62. The van der Waals surface area contributed by atoms with Crippen LogP contribution in [-0.2, 0) is 0 Å². The Bertz CT molecular complexity index is 742. The summed E-state index contributed by atoms with van der Waals surface area (Å²) < 4.78 is 0. The normalized spacial score (nSPS) is 10.8. The third-order valence-electron chi connectivity index (χ3n) is 2.82. The number of rotatable bonds is 5. The van der Waals surface area contributed by atoms with Crippen molar-refractivity contribution in [3.05, 3.63) is 80.0 Å². The lowest BCUT2D eigenvalue weighted by atomic mass is 10.2. The van der Waals surface area contributed by atoms with E-state index in [1.165, 1.54) is 23.9 Å². The Morgan fingerprint density at radius 1 is 1.05 bits per heavy atom. The molecule has 0 atom stereocenters. The average molecular weight is 316 g/mol. The van der Waals surface area contributed by atoms with Gasteiger partial charge in [0.2, 0.25) is 6.20 Å². The monoisotopic (exact) mass is 316 g/mol. The van der Waals surface area contributed by atoms with E-state index in [2.05, 4.69) is 0 Å². The molecular formula is C15H12N2O4S. The van der Waals surface area contributed by atoms with Gasteiger partial charge in [0.15, 0.2) is 0 Å². The quantitative estimate of drug-likeness (QED) is 0.606. The lowest BCUT2D eigenvalue weighted by Crippen LogP contribution is -1.92. The molecule has 0 aliphatic heterocycles. The van der Waals surface area contributed by atoms with Crippen LogP contribution in [0.2, 0.25) is 0 Å². The van der Waals surface area contributed by atoms with Gasteiger partial charge in [0.05, 0.1) is 14.7 Å². The molecule has 6 nitrogen and oxygen atoms in total. The molecule has 2 rings (SSSR count). The highest BCUT2D eigenvalue weighted by Gasteiger charge is 2.15. The van der Waals surface area contributed by atoms with Crippen molar-refractivity contribution in [2.75, 3.05) is 0 Å². The number of hydrogen-bond donors (Lipinski definition) is 0. The van der Waals surface area contributed by atoms with Crippen molar-refractivity contribution >= 4 is 23.5 Å². The van der Waals surface area contributed by atoms with E-state index < -0.39 is 9.85 Å². The SMILES string of the molecule is Cc1ccc(Sc2ccc(/C=C\[N+](=O)[O-])cc2[N+](=O)[O-])cc1. The van der Waals surface area contributed by atoms with E-state index >= 15 is 0 Å². The van der Waals surface area contributed by atoms with Crippen molar-refractivity contribution < 1.29 is 9.85 Å². The minimum atomic E-state index is -0.610. The van der Waals surface area contributed by atoms with E-state index in [-0.39, 0.29) is 5.69 Å². The average Bonchev–Trinajstić information content (AvgIpc) is 2.48. The van der Waals surface area contributed by atoms with Gasteiger partial charge >= 0.3 is 0 Å². The van der Waals surface area contributed by atoms with Crippen LogP contribution in [0.15, 0.2) is 58.5 Å². The topological polar surface area (TPSA) is 86.3 Å². The minimum Gasteiger partial charge on any atom is -0.259 e. The maximum absolute atomic E-state index is 11.2. The van der Waals surface area contributed by atoms with Crippen LogP contribution in [0.1, 0.15) is 11.1 Å². The summed E-state index contributed by atoms with van der Waals surface area (Å²) in [5.41, 5.74) is 1.45. The van der Waals surface area contributed by atoms with Gasteiger partial charge in [-0.2, -0.15) is 0 Å². The molecule has 112 valence electrons. The van der Waals surface area contributed by atoms with Crippen molar-refractivity contribution in [2.24, 2.45) is 0 Å². The van der Waals surface area contributed by atoms with Crippen LogP contribution in [0.25, 0.3) is 6.08 Å². The van der Waals surface area contributed by atoms with Crippen LogP contribution in [0.3, 0.4) is 0 Å². The van der Waals surface area contributed by atoms with Gasteiger partial charge in [0.25, 0.3) is 5.69 Å². The lowest BCUT2D eigenvalue weighted by Gasteiger charge is -2.04. The zero-order chi connectivity index (χ0) is 16.1. The molecule has 0 spiro atoms. The zero-order valence-electron chi connectivity index (χ0n) is 11.6. The van der Waals surface area contributed by atoms with E-state index in [1.807, 2.05) is 31.2 Å². The van der Waals surface area contributed by atoms with Gasteiger partial charge in [0, 0.05) is 17.0 Å². The molecular weight excluding hydrogens is 304 g/mol. The van der Waals surface area contributed by atoms with Crippen LogP contribution >= 0.6 is 11.8 Å². The summed E-state index contributed by atoms with van der Waals surface area (Å²) in [6, 6.07) is 12.2. The predicted molar refractivity (Wildman–Crippen MR) is 84.4 cm³/mol. The molecule has 0 unspecified atom stereocenters. The van der Waals surface area contributed by atoms with Crippen LogP contribution < -0.4 is 0 Å². The van der Waals surface area contributed by atoms with E-state index in [1.54, 1.807) is 12.1 Å². The Kier molecular flexibility index (Phi) is 4.90. The third-order valence-corrected chi connectivity index (χ3v) is 3.89. The molecule has 0 aliphatic carbocycles. The number of hydrogen-bond acceptors (Lipinski definition) is 5. The second-order valence-electron chi connectivity index (χ2n) is 4.50.